The maximum atomic E-state index is 12.1. The summed E-state index contributed by atoms with van der Waals surface area (Å²) in [7, 11) is 0. The lowest BCUT2D eigenvalue weighted by Crippen LogP contribution is -2.43. The topological polar surface area (TPSA) is 140 Å². The van der Waals surface area contributed by atoms with Gasteiger partial charge in [-0.15, -0.1) is 0 Å². The molecule has 0 saturated heterocycles. The number of nitrogens with zero attached hydrogens (tertiary/aromatic N) is 4. The van der Waals surface area contributed by atoms with E-state index in [1.54, 1.807) is 54.7 Å². The first kappa shape index (κ1) is 22.5. The van der Waals surface area contributed by atoms with Crippen LogP contribution in [0.1, 0.15) is 35.1 Å². The second kappa shape index (κ2) is 9.03. The van der Waals surface area contributed by atoms with Crippen LogP contribution in [0.15, 0.2) is 84.6 Å². The van der Waals surface area contributed by atoms with Gasteiger partial charge in [0.15, 0.2) is 0 Å². The Morgan fingerprint density at radius 2 is 1.53 bits per heavy atom. The van der Waals surface area contributed by atoms with E-state index in [2.05, 4.69) is 11.1 Å². The minimum atomic E-state index is -1.35. The molecule has 0 fully saturated rings. The summed E-state index contributed by atoms with van der Waals surface area (Å²) in [5.74, 6) is -1.25. The summed E-state index contributed by atoms with van der Waals surface area (Å²) in [4.78, 5) is 37.9. The molecule has 0 unspecified atom stereocenters. The number of hydrogen-bond donors (Lipinski definition) is 0. The average Bonchev–Trinajstić information content (AvgIpc) is 2.88. The first-order valence-corrected chi connectivity index (χ1v) is 10.4. The Kier molecular flexibility index (Phi) is 5.97. The predicted octanol–water partition coefficient (Wildman–Crippen LogP) is 4.76. The smallest absolute Gasteiger partial charge is 0.269 e. The monoisotopic (exact) mass is 454 g/mol. The number of benzene rings is 2. The molecule has 3 aromatic rings. The summed E-state index contributed by atoms with van der Waals surface area (Å²) < 4.78 is 0. The molecule has 0 saturated carbocycles. The molecule has 0 amide bonds. The summed E-state index contributed by atoms with van der Waals surface area (Å²) in [5, 5.41) is 33.0. The molecule has 9 heteroatoms. The minimum Gasteiger partial charge on any atom is -0.298 e. The zero-order chi connectivity index (χ0) is 24.3. The van der Waals surface area contributed by atoms with Crippen LogP contribution in [-0.4, -0.2) is 21.1 Å². The minimum absolute atomic E-state index is 0.0732. The number of aromatic nitrogens is 1. The quantitative estimate of drug-likeness (QED) is 0.297. The maximum Gasteiger partial charge on any atom is 0.269 e. The first-order chi connectivity index (χ1) is 16.4. The molecule has 168 valence electrons. The molecule has 0 radical (unpaired) electrons. The van der Waals surface area contributed by atoms with Crippen LogP contribution in [-0.2, 0) is 10.2 Å². The van der Waals surface area contributed by atoms with E-state index in [1.807, 2.05) is 0 Å². The Morgan fingerprint density at radius 1 is 0.941 bits per heavy atom. The SMILES string of the molecule is N#C[C@]1(c2ccccn2)[C@H](c2ccc([N+](=O)[O-])cc2)CC=C(C=O)[C@H]1c1ccc([N+](=O)[O-])cc1. The van der Waals surface area contributed by atoms with Crippen molar-refractivity contribution in [3.05, 3.63) is 122 Å². The second-order valence-corrected chi connectivity index (χ2v) is 7.94. The summed E-state index contributed by atoms with van der Waals surface area (Å²) in [6.07, 6.45) is 4.35. The lowest BCUT2D eigenvalue weighted by molar-refractivity contribution is -0.385. The molecule has 1 aromatic heterocycles. The van der Waals surface area contributed by atoms with Gasteiger partial charge in [0, 0.05) is 42.3 Å². The zero-order valence-corrected chi connectivity index (χ0v) is 17.8. The fourth-order valence-corrected chi connectivity index (χ4v) is 4.74. The van der Waals surface area contributed by atoms with Crippen LogP contribution in [0.4, 0.5) is 11.4 Å². The number of carbonyl (C=O) groups is 1. The standard InChI is InChI=1S/C25H18N4O5/c26-16-25(23-3-1-2-14-27-23)22(17-4-9-20(10-5-17)28(31)32)13-8-19(15-30)24(25)18-6-11-21(12-7-18)29(33)34/h1-12,14-15,22,24H,13H2/t22-,24+,25+/m0/s1. The van der Waals surface area contributed by atoms with Gasteiger partial charge >= 0.3 is 0 Å². The number of nitro groups is 2. The molecule has 0 bridgehead atoms. The van der Waals surface area contributed by atoms with Gasteiger partial charge in [0.05, 0.1) is 21.6 Å². The first-order valence-electron chi connectivity index (χ1n) is 10.4. The highest BCUT2D eigenvalue weighted by atomic mass is 16.6. The number of carbonyl (C=O) groups excluding carboxylic acids is 1. The molecule has 1 aliphatic rings. The molecular weight excluding hydrogens is 436 g/mol. The number of allylic oxidation sites excluding steroid dienone is 2. The molecule has 0 aliphatic heterocycles. The molecule has 0 N–H and O–H groups in total. The molecule has 34 heavy (non-hydrogen) atoms. The molecular formula is C25H18N4O5. The van der Waals surface area contributed by atoms with E-state index in [1.165, 1.54) is 24.3 Å². The number of pyridine rings is 1. The Balaban J connectivity index is 1.97. The normalized spacial score (nSPS) is 21.7. The van der Waals surface area contributed by atoms with Gasteiger partial charge in [-0.25, -0.2) is 0 Å². The van der Waals surface area contributed by atoms with Crippen LogP contribution < -0.4 is 0 Å². The van der Waals surface area contributed by atoms with Crippen molar-refractivity contribution >= 4 is 17.7 Å². The maximum absolute atomic E-state index is 12.1. The van der Waals surface area contributed by atoms with Gasteiger partial charge in [-0.1, -0.05) is 36.4 Å². The van der Waals surface area contributed by atoms with E-state index in [4.69, 9.17) is 0 Å². The molecule has 3 atom stereocenters. The van der Waals surface area contributed by atoms with Crippen molar-refractivity contribution in [2.75, 3.05) is 0 Å². The van der Waals surface area contributed by atoms with Gasteiger partial charge in [0.1, 0.15) is 11.7 Å². The van der Waals surface area contributed by atoms with Crippen molar-refractivity contribution in [3.63, 3.8) is 0 Å². The Morgan fingerprint density at radius 3 is 2.00 bits per heavy atom. The van der Waals surface area contributed by atoms with Crippen LogP contribution in [0.25, 0.3) is 0 Å². The number of aldehydes is 1. The highest BCUT2D eigenvalue weighted by Gasteiger charge is 2.53. The van der Waals surface area contributed by atoms with Crippen LogP contribution in [0.5, 0.6) is 0 Å². The molecule has 1 heterocycles. The van der Waals surface area contributed by atoms with E-state index >= 15 is 0 Å². The lowest BCUT2D eigenvalue weighted by Gasteiger charge is -2.44. The number of non-ortho nitro benzene ring substituents is 2. The van der Waals surface area contributed by atoms with Gasteiger partial charge in [0.2, 0.25) is 0 Å². The van der Waals surface area contributed by atoms with Crippen LogP contribution >= 0.6 is 0 Å². The van der Waals surface area contributed by atoms with Crippen molar-refractivity contribution in [2.24, 2.45) is 0 Å². The Hall–Kier alpha value is -4.71. The lowest BCUT2D eigenvalue weighted by atomic mass is 9.55. The van der Waals surface area contributed by atoms with Crippen molar-refractivity contribution < 1.29 is 14.6 Å². The molecule has 2 aromatic carbocycles. The average molecular weight is 454 g/mol. The summed E-state index contributed by atoms with van der Waals surface area (Å²) in [6, 6.07) is 19.4. The van der Waals surface area contributed by atoms with Crippen LogP contribution in [0.3, 0.4) is 0 Å². The number of nitro benzene ring substituents is 2. The molecule has 9 nitrogen and oxygen atoms in total. The Bertz CT molecular complexity index is 1310. The molecule has 4 rings (SSSR count). The van der Waals surface area contributed by atoms with Gasteiger partial charge in [-0.3, -0.25) is 30.0 Å². The number of nitriles is 1. The van der Waals surface area contributed by atoms with Crippen molar-refractivity contribution in [3.8, 4) is 6.07 Å². The van der Waals surface area contributed by atoms with Crippen molar-refractivity contribution in [1.29, 1.82) is 5.26 Å². The summed E-state index contributed by atoms with van der Waals surface area (Å²) >= 11 is 0. The van der Waals surface area contributed by atoms with E-state index in [0.29, 0.717) is 35.1 Å². The fraction of sp³-hybridized carbons (Fsp3) is 0.160. The van der Waals surface area contributed by atoms with Crippen LogP contribution in [0, 0.1) is 31.6 Å². The van der Waals surface area contributed by atoms with E-state index in [-0.39, 0.29) is 11.4 Å². The van der Waals surface area contributed by atoms with Gasteiger partial charge in [-0.2, -0.15) is 5.26 Å². The highest BCUT2D eigenvalue weighted by molar-refractivity contribution is 5.79. The van der Waals surface area contributed by atoms with Crippen molar-refractivity contribution in [1.82, 2.24) is 4.98 Å². The van der Waals surface area contributed by atoms with Crippen molar-refractivity contribution in [2.45, 2.75) is 23.7 Å². The third-order valence-corrected chi connectivity index (χ3v) is 6.28. The predicted molar refractivity (Wildman–Crippen MR) is 122 cm³/mol. The number of hydrogen-bond acceptors (Lipinski definition) is 7. The second-order valence-electron chi connectivity index (χ2n) is 7.94. The van der Waals surface area contributed by atoms with Crippen LogP contribution in [0.2, 0.25) is 0 Å². The summed E-state index contributed by atoms with van der Waals surface area (Å²) in [6.45, 7) is 0. The van der Waals surface area contributed by atoms with E-state index in [9.17, 15) is 30.3 Å². The van der Waals surface area contributed by atoms with Gasteiger partial charge in [0.25, 0.3) is 11.4 Å². The highest BCUT2D eigenvalue weighted by Crippen LogP contribution is 2.55. The van der Waals surface area contributed by atoms with E-state index < -0.39 is 27.1 Å². The molecule has 1 aliphatic carbocycles. The van der Waals surface area contributed by atoms with Gasteiger partial charge in [-0.05, 0) is 35.3 Å². The van der Waals surface area contributed by atoms with E-state index in [0.717, 1.165) is 0 Å². The zero-order valence-electron chi connectivity index (χ0n) is 17.8. The largest absolute Gasteiger partial charge is 0.298 e. The number of rotatable bonds is 6. The summed E-state index contributed by atoms with van der Waals surface area (Å²) in [5.41, 5.74) is 0.530. The third kappa shape index (κ3) is 3.71. The molecule has 0 spiro atoms. The van der Waals surface area contributed by atoms with Gasteiger partial charge < -0.3 is 0 Å². The fourth-order valence-electron chi connectivity index (χ4n) is 4.74. The third-order valence-electron chi connectivity index (χ3n) is 6.28. The Labute approximate surface area is 194 Å².